The largest absolute Gasteiger partial charge is 0.497 e. The smallest absolute Gasteiger partial charge is 0.293 e. The molecule has 0 radical (unpaired) electrons. The van der Waals surface area contributed by atoms with Crippen molar-refractivity contribution in [3.05, 3.63) is 52.1 Å². The summed E-state index contributed by atoms with van der Waals surface area (Å²) < 4.78 is 11.7. The van der Waals surface area contributed by atoms with Gasteiger partial charge < -0.3 is 14.4 Å². The summed E-state index contributed by atoms with van der Waals surface area (Å²) in [6.45, 7) is 5.58. The maximum Gasteiger partial charge on any atom is 0.293 e. The Balaban J connectivity index is 1.47. The third kappa shape index (κ3) is 5.68. The molecule has 1 aromatic heterocycles. The fraction of sp³-hybridized carbons (Fsp3) is 0.462. The highest BCUT2D eigenvalue weighted by atomic mass is 32.1. The van der Waals surface area contributed by atoms with Gasteiger partial charge in [-0.1, -0.05) is 11.3 Å². The van der Waals surface area contributed by atoms with E-state index in [4.69, 9.17) is 14.5 Å². The van der Waals surface area contributed by atoms with E-state index in [0.717, 1.165) is 61.4 Å². The van der Waals surface area contributed by atoms with Gasteiger partial charge in [0, 0.05) is 50.9 Å². The molecule has 2 saturated heterocycles. The molecule has 0 N–H and O–H groups in total. The number of anilines is 2. The Kier molecular flexibility index (Phi) is 7.82. The third-order valence-electron chi connectivity index (χ3n) is 6.92. The Bertz CT molecular complexity index is 1270. The molecule has 0 bridgehead atoms. The molecule has 37 heavy (non-hydrogen) atoms. The average Bonchev–Trinajstić information content (AvgIpc) is 3.36. The molecule has 0 unspecified atom stereocenters. The van der Waals surface area contributed by atoms with Crippen LogP contribution >= 0.6 is 11.3 Å². The summed E-state index contributed by atoms with van der Waals surface area (Å²) in [5, 5.41) is 12.6. The number of fused-ring (bicyclic) bond motifs is 1. The van der Waals surface area contributed by atoms with Crippen LogP contribution in [0.15, 0.2) is 36.4 Å². The number of thiazole rings is 1. The van der Waals surface area contributed by atoms with Gasteiger partial charge in [-0.05, 0) is 49.6 Å². The molecule has 2 aromatic carbocycles. The Labute approximate surface area is 219 Å². The minimum Gasteiger partial charge on any atom is -0.497 e. The molecule has 11 heteroatoms. The van der Waals surface area contributed by atoms with Crippen LogP contribution in [0.1, 0.15) is 29.6 Å². The molecule has 2 aliphatic rings. The number of methoxy groups -OCH3 is 1. The maximum atomic E-state index is 13.9. The van der Waals surface area contributed by atoms with Crippen LogP contribution < -0.4 is 14.5 Å². The monoisotopic (exact) mass is 525 g/mol. The first-order chi connectivity index (χ1) is 18.0. The van der Waals surface area contributed by atoms with Gasteiger partial charge in [0.15, 0.2) is 5.13 Å². The predicted molar refractivity (Wildman–Crippen MR) is 144 cm³/mol. The molecular formula is C26H31N5O5S. The number of carbonyl (C=O) groups is 1. The van der Waals surface area contributed by atoms with Gasteiger partial charge in [0.25, 0.3) is 11.6 Å². The lowest BCUT2D eigenvalue weighted by Gasteiger charge is -2.30. The van der Waals surface area contributed by atoms with Crippen LogP contribution in [0.4, 0.5) is 16.5 Å². The predicted octanol–water partition coefficient (Wildman–Crippen LogP) is 4.18. The van der Waals surface area contributed by atoms with Crippen molar-refractivity contribution in [1.82, 2.24) is 9.88 Å². The number of nitro groups is 1. The highest BCUT2D eigenvalue weighted by Crippen LogP contribution is 2.34. The van der Waals surface area contributed by atoms with Crippen LogP contribution in [0.5, 0.6) is 5.75 Å². The van der Waals surface area contributed by atoms with Crippen molar-refractivity contribution in [2.75, 3.05) is 69.4 Å². The van der Waals surface area contributed by atoms with Gasteiger partial charge in [0.1, 0.15) is 11.4 Å². The second-order valence-electron chi connectivity index (χ2n) is 9.25. The van der Waals surface area contributed by atoms with E-state index < -0.39 is 0 Å². The number of benzene rings is 2. The summed E-state index contributed by atoms with van der Waals surface area (Å²) in [6, 6.07) is 10.5. The minimum absolute atomic E-state index is 0.0325. The molecule has 0 saturated carbocycles. The van der Waals surface area contributed by atoms with Crippen molar-refractivity contribution in [3.8, 4) is 5.75 Å². The van der Waals surface area contributed by atoms with Crippen molar-refractivity contribution < 1.29 is 19.2 Å². The second-order valence-corrected chi connectivity index (χ2v) is 10.3. The zero-order valence-electron chi connectivity index (χ0n) is 20.9. The summed E-state index contributed by atoms with van der Waals surface area (Å²) >= 11 is 1.41. The molecular weight excluding hydrogens is 494 g/mol. The van der Waals surface area contributed by atoms with Crippen LogP contribution in [-0.2, 0) is 4.74 Å². The molecule has 1 amide bonds. The quantitative estimate of drug-likeness (QED) is 0.319. The van der Waals surface area contributed by atoms with Crippen LogP contribution in [-0.4, -0.2) is 80.3 Å². The lowest BCUT2D eigenvalue weighted by molar-refractivity contribution is -0.384. The number of hydrogen-bond donors (Lipinski definition) is 0. The van der Waals surface area contributed by atoms with Crippen LogP contribution in [0.3, 0.4) is 0 Å². The molecule has 3 aromatic rings. The van der Waals surface area contributed by atoms with E-state index in [1.165, 1.54) is 17.4 Å². The molecule has 5 rings (SSSR count). The fourth-order valence-electron chi connectivity index (χ4n) is 4.85. The van der Waals surface area contributed by atoms with E-state index >= 15 is 0 Å². The molecule has 0 atom stereocenters. The van der Waals surface area contributed by atoms with E-state index in [1.54, 1.807) is 24.1 Å². The standard InChI is InChI=1S/C26H31N5O5S/c1-35-20-6-7-21-24(18-20)37-26(27-21)30(12-11-28-13-15-36-16-14-28)25(32)19-5-8-22(23(17-19)31(33)34)29-9-3-2-4-10-29/h5-8,17-18H,2-4,9-16H2,1H3. The fourth-order valence-corrected chi connectivity index (χ4v) is 5.86. The lowest BCUT2D eigenvalue weighted by atomic mass is 10.1. The summed E-state index contributed by atoms with van der Waals surface area (Å²) in [6.07, 6.45) is 3.15. The van der Waals surface area contributed by atoms with Crippen molar-refractivity contribution >= 4 is 44.0 Å². The molecule has 2 fully saturated rings. The van der Waals surface area contributed by atoms with Gasteiger partial charge in [0.05, 0.1) is 35.5 Å². The number of piperidine rings is 1. The number of ether oxygens (including phenoxy) is 2. The first-order valence-corrected chi connectivity index (χ1v) is 13.4. The van der Waals surface area contributed by atoms with Gasteiger partial charge >= 0.3 is 0 Å². The van der Waals surface area contributed by atoms with Gasteiger partial charge in [-0.15, -0.1) is 0 Å². The zero-order valence-corrected chi connectivity index (χ0v) is 21.7. The van der Waals surface area contributed by atoms with Crippen molar-refractivity contribution in [3.63, 3.8) is 0 Å². The summed E-state index contributed by atoms with van der Waals surface area (Å²) in [5.41, 5.74) is 1.60. The van der Waals surface area contributed by atoms with Crippen molar-refractivity contribution in [1.29, 1.82) is 0 Å². The lowest BCUT2D eigenvalue weighted by Crippen LogP contribution is -2.43. The zero-order chi connectivity index (χ0) is 25.8. The van der Waals surface area contributed by atoms with E-state index in [0.29, 0.717) is 37.1 Å². The number of nitro benzene ring substituents is 1. The number of amides is 1. The summed E-state index contributed by atoms with van der Waals surface area (Å²) in [5.74, 6) is 0.422. The van der Waals surface area contributed by atoms with E-state index in [-0.39, 0.29) is 22.1 Å². The molecule has 0 aliphatic carbocycles. The van der Waals surface area contributed by atoms with Crippen LogP contribution in [0, 0.1) is 10.1 Å². The van der Waals surface area contributed by atoms with Crippen LogP contribution in [0.25, 0.3) is 10.2 Å². The molecule has 196 valence electrons. The van der Waals surface area contributed by atoms with E-state index in [2.05, 4.69) is 4.90 Å². The highest BCUT2D eigenvalue weighted by Gasteiger charge is 2.27. The number of morpholine rings is 1. The summed E-state index contributed by atoms with van der Waals surface area (Å²) in [4.78, 5) is 36.2. The molecule has 10 nitrogen and oxygen atoms in total. The Morgan fingerprint density at radius 3 is 2.65 bits per heavy atom. The summed E-state index contributed by atoms with van der Waals surface area (Å²) in [7, 11) is 1.61. The second kappa shape index (κ2) is 11.4. The average molecular weight is 526 g/mol. The normalized spacial score (nSPS) is 16.6. The Hall–Kier alpha value is -3.28. The number of aromatic nitrogens is 1. The Morgan fingerprint density at radius 1 is 1.14 bits per heavy atom. The van der Waals surface area contributed by atoms with Gasteiger partial charge in [-0.3, -0.25) is 24.7 Å². The highest BCUT2D eigenvalue weighted by molar-refractivity contribution is 7.22. The maximum absolute atomic E-state index is 13.9. The topological polar surface area (TPSA) is 101 Å². The number of hydrogen-bond acceptors (Lipinski definition) is 9. The third-order valence-corrected chi connectivity index (χ3v) is 7.96. The Morgan fingerprint density at radius 2 is 1.92 bits per heavy atom. The van der Waals surface area contributed by atoms with Gasteiger partial charge in [0.2, 0.25) is 0 Å². The minimum atomic E-state index is -0.386. The van der Waals surface area contributed by atoms with Crippen molar-refractivity contribution in [2.45, 2.75) is 19.3 Å². The van der Waals surface area contributed by atoms with E-state index in [1.807, 2.05) is 23.1 Å². The first-order valence-electron chi connectivity index (χ1n) is 12.6. The first kappa shape index (κ1) is 25.4. The van der Waals surface area contributed by atoms with Crippen molar-refractivity contribution in [2.24, 2.45) is 0 Å². The molecule has 0 spiro atoms. The molecule has 2 aliphatic heterocycles. The van der Waals surface area contributed by atoms with Gasteiger partial charge in [-0.2, -0.15) is 0 Å². The SMILES string of the molecule is COc1ccc2nc(N(CCN3CCOCC3)C(=O)c3ccc(N4CCCCC4)c([N+](=O)[O-])c3)sc2c1. The number of rotatable bonds is 8. The van der Waals surface area contributed by atoms with Gasteiger partial charge in [-0.25, -0.2) is 4.98 Å². The van der Waals surface area contributed by atoms with E-state index in [9.17, 15) is 14.9 Å². The van der Waals surface area contributed by atoms with Crippen LogP contribution in [0.2, 0.25) is 0 Å². The number of nitrogens with zero attached hydrogens (tertiary/aromatic N) is 5. The molecule has 3 heterocycles. The number of carbonyl (C=O) groups excluding carboxylic acids is 1.